The highest BCUT2D eigenvalue weighted by atomic mass is 35.5. The Bertz CT molecular complexity index is 452. The van der Waals surface area contributed by atoms with Crippen molar-refractivity contribution in [3.8, 4) is 6.07 Å². The van der Waals surface area contributed by atoms with Crippen molar-refractivity contribution >= 4 is 17.6 Å². The lowest BCUT2D eigenvalue weighted by atomic mass is 10.0. The van der Waals surface area contributed by atoms with Crippen LogP contribution in [0.25, 0.3) is 0 Å². The molecule has 0 heterocycles. The Hall–Kier alpha value is -1.57. The summed E-state index contributed by atoms with van der Waals surface area (Å²) in [7, 11) is 0. The second-order valence-electron chi connectivity index (χ2n) is 2.98. The van der Waals surface area contributed by atoms with Crippen LogP contribution in [0.4, 0.5) is 0 Å². The molecule has 0 aromatic heterocycles. The number of nitrogens with two attached hydrogens (primary N) is 1. The summed E-state index contributed by atoms with van der Waals surface area (Å²) < 4.78 is 4.86. The Morgan fingerprint density at radius 1 is 1.62 bits per heavy atom. The average molecular weight is 239 g/mol. The van der Waals surface area contributed by atoms with Gasteiger partial charge in [0.25, 0.3) is 0 Å². The smallest absolute Gasteiger partial charge is 0.339 e. The minimum Gasteiger partial charge on any atom is -0.462 e. The fraction of sp³-hybridized carbons (Fsp3) is 0.273. The molecule has 84 valence electrons. The van der Waals surface area contributed by atoms with Crippen molar-refractivity contribution in [2.75, 3.05) is 6.61 Å². The lowest BCUT2D eigenvalue weighted by molar-refractivity contribution is 0.0524. The molecule has 0 saturated carbocycles. The molecule has 16 heavy (non-hydrogen) atoms. The maximum absolute atomic E-state index is 11.7. The highest BCUT2D eigenvalue weighted by molar-refractivity contribution is 6.32. The molecule has 0 fully saturated rings. The Balaban J connectivity index is 3.37. The van der Waals surface area contributed by atoms with Crippen molar-refractivity contribution in [2.45, 2.75) is 13.5 Å². The molecule has 2 N–H and O–H groups in total. The highest BCUT2D eigenvalue weighted by Gasteiger charge is 2.19. The van der Waals surface area contributed by atoms with E-state index in [1.54, 1.807) is 13.0 Å². The molecular weight excluding hydrogens is 228 g/mol. The molecule has 0 aliphatic heterocycles. The van der Waals surface area contributed by atoms with Gasteiger partial charge < -0.3 is 10.5 Å². The largest absolute Gasteiger partial charge is 0.462 e. The summed E-state index contributed by atoms with van der Waals surface area (Å²) in [4.78, 5) is 11.7. The SMILES string of the molecule is CCOC(=O)c1c(C#N)ccc(Cl)c1CN. The summed E-state index contributed by atoms with van der Waals surface area (Å²) in [5.41, 5.74) is 6.34. The van der Waals surface area contributed by atoms with Crippen LogP contribution in [0, 0.1) is 11.3 Å². The van der Waals surface area contributed by atoms with Gasteiger partial charge in [0, 0.05) is 17.1 Å². The number of nitrogens with zero attached hydrogens (tertiary/aromatic N) is 1. The van der Waals surface area contributed by atoms with E-state index in [0.717, 1.165) is 0 Å². The first kappa shape index (κ1) is 12.5. The number of carbonyl (C=O) groups excluding carboxylic acids is 1. The first-order valence-electron chi connectivity index (χ1n) is 4.74. The fourth-order valence-corrected chi connectivity index (χ4v) is 1.59. The number of hydrogen-bond acceptors (Lipinski definition) is 4. The molecule has 0 amide bonds. The van der Waals surface area contributed by atoms with Crippen LogP contribution in [-0.4, -0.2) is 12.6 Å². The topological polar surface area (TPSA) is 76.1 Å². The first-order chi connectivity index (χ1) is 7.65. The van der Waals surface area contributed by atoms with Gasteiger partial charge in [-0.15, -0.1) is 0 Å². The number of rotatable bonds is 3. The van der Waals surface area contributed by atoms with Gasteiger partial charge in [0.05, 0.1) is 17.7 Å². The number of hydrogen-bond donors (Lipinski definition) is 1. The monoisotopic (exact) mass is 238 g/mol. The molecule has 1 aromatic carbocycles. The number of benzene rings is 1. The Morgan fingerprint density at radius 2 is 2.31 bits per heavy atom. The summed E-state index contributed by atoms with van der Waals surface area (Å²) in [5, 5.41) is 9.27. The number of nitriles is 1. The van der Waals surface area contributed by atoms with Crippen molar-refractivity contribution in [3.63, 3.8) is 0 Å². The summed E-state index contributed by atoms with van der Waals surface area (Å²) >= 11 is 5.91. The van der Waals surface area contributed by atoms with Crippen LogP contribution < -0.4 is 5.73 Å². The van der Waals surface area contributed by atoms with Crippen LogP contribution in [0.2, 0.25) is 5.02 Å². The Morgan fingerprint density at radius 3 is 2.81 bits per heavy atom. The van der Waals surface area contributed by atoms with Gasteiger partial charge in [-0.2, -0.15) is 5.26 Å². The van der Waals surface area contributed by atoms with Crippen LogP contribution >= 0.6 is 11.6 Å². The van der Waals surface area contributed by atoms with E-state index in [2.05, 4.69) is 0 Å². The Labute approximate surface area is 98.6 Å². The number of halogens is 1. The summed E-state index contributed by atoms with van der Waals surface area (Å²) in [6, 6.07) is 4.95. The second-order valence-corrected chi connectivity index (χ2v) is 3.39. The molecule has 0 aliphatic carbocycles. The molecule has 4 nitrogen and oxygen atoms in total. The van der Waals surface area contributed by atoms with Crippen molar-refractivity contribution in [3.05, 3.63) is 33.8 Å². The van der Waals surface area contributed by atoms with Crippen LogP contribution in [-0.2, 0) is 11.3 Å². The van der Waals surface area contributed by atoms with E-state index in [0.29, 0.717) is 10.6 Å². The van der Waals surface area contributed by atoms with E-state index in [4.69, 9.17) is 27.3 Å². The molecule has 0 unspecified atom stereocenters. The third kappa shape index (κ3) is 2.32. The molecular formula is C11H11ClN2O2. The average Bonchev–Trinajstić information content (AvgIpc) is 2.28. The van der Waals surface area contributed by atoms with E-state index < -0.39 is 5.97 Å². The van der Waals surface area contributed by atoms with E-state index in [1.165, 1.54) is 6.07 Å². The molecule has 0 radical (unpaired) electrons. The van der Waals surface area contributed by atoms with Gasteiger partial charge in [-0.25, -0.2) is 4.79 Å². The van der Waals surface area contributed by atoms with Gasteiger partial charge in [-0.3, -0.25) is 0 Å². The third-order valence-corrected chi connectivity index (χ3v) is 2.41. The van der Waals surface area contributed by atoms with Crippen molar-refractivity contribution < 1.29 is 9.53 Å². The fourth-order valence-electron chi connectivity index (χ4n) is 1.35. The normalized spacial score (nSPS) is 9.62. The lowest BCUT2D eigenvalue weighted by Gasteiger charge is -2.10. The number of carbonyl (C=O) groups is 1. The van der Waals surface area contributed by atoms with Gasteiger partial charge in [-0.1, -0.05) is 11.6 Å². The lowest BCUT2D eigenvalue weighted by Crippen LogP contribution is -2.13. The van der Waals surface area contributed by atoms with E-state index in [1.807, 2.05) is 6.07 Å². The molecule has 5 heteroatoms. The molecule has 0 bridgehead atoms. The van der Waals surface area contributed by atoms with Gasteiger partial charge >= 0.3 is 5.97 Å². The minimum atomic E-state index is -0.568. The standard InChI is InChI=1S/C11H11ClN2O2/c1-2-16-11(15)10-7(5-13)3-4-9(12)8(10)6-14/h3-4H,2,6,14H2,1H3. The quantitative estimate of drug-likeness (QED) is 0.816. The maximum atomic E-state index is 11.7. The second kappa shape index (κ2) is 5.50. The summed E-state index contributed by atoms with van der Waals surface area (Å²) in [6.45, 7) is 2.01. The van der Waals surface area contributed by atoms with Crippen LogP contribution in [0.15, 0.2) is 12.1 Å². The van der Waals surface area contributed by atoms with Crippen molar-refractivity contribution in [1.82, 2.24) is 0 Å². The van der Waals surface area contributed by atoms with Crippen LogP contribution in [0.1, 0.15) is 28.4 Å². The predicted octanol–water partition coefficient (Wildman–Crippen LogP) is 1.85. The molecule has 1 rings (SSSR count). The summed E-state index contributed by atoms with van der Waals surface area (Å²) in [6.07, 6.45) is 0. The van der Waals surface area contributed by atoms with E-state index in [9.17, 15) is 4.79 Å². The third-order valence-electron chi connectivity index (χ3n) is 2.06. The molecule has 1 aromatic rings. The molecule has 0 aliphatic rings. The Kier molecular flexibility index (Phi) is 4.29. The molecule has 0 saturated heterocycles. The van der Waals surface area contributed by atoms with Crippen molar-refractivity contribution in [2.24, 2.45) is 5.73 Å². The van der Waals surface area contributed by atoms with Gasteiger partial charge in [0.2, 0.25) is 0 Å². The first-order valence-corrected chi connectivity index (χ1v) is 5.12. The van der Waals surface area contributed by atoms with Gasteiger partial charge in [-0.05, 0) is 19.1 Å². The zero-order valence-electron chi connectivity index (χ0n) is 8.79. The van der Waals surface area contributed by atoms with E-state index in [-0.39, 0.29) is 24.3 Å². The van der Waals surface area contributed by atoms with Crippen molar-refractivity contribution in [1.29, 1.82) is 5.26 Å². The van der Waals surface area contributed by atoms with E-state index >= 15 is 0 Å². The molecule has 0 atom stereocenters. The van der Waals surface area contributed by atoms with Gasteiger partial charge in [0.15, 0.2) is 0 Å². The van der Waals surface area contributed by atoms with Gasteiger partial charge in [0.1, 0.15) is 6.07 Å². The highest BCUT2D eigenvalue weighted by Crippen LogP contribution is 2.23. The maximum Gasteiger partial charge on any atom is 0.339 e. The van der Waals surface area contributed by atoms with Crippen LogP contribution in [0.3, 0.4) is 0 Å². The number of esters is 1. The number of ether oxygens (including phenoxy) is 1. The zero-order chi connectivity index (χ0) is 12.1. The van der Waals surface area contributed by atoms with Crippen LogP contribution in [0.5, 0.6) is 0 Å². The summed E-state index contributed by atoms with van der Waals surface area (Å²) in [5.74, 6) is -0.568. The molecule has 0 spiro atoms. The zero-order valence-corrected chi connectivity index (χ0v) is 9.54. The predicted molar refractivity (Wildman–Crippen MR) is 60.0 cm³/mol. The minimum absolute atomic E-state index is 0.0858.